The van der Waals surface area contributed by atoms with Crippen LogP contribution in [0.2, 0.25) is 0 Å². The van der Waals surface area contributed by atoms with E-state index in [9.17, 15) is 0 Å². The number of nitrogens with one attached hydrogen (secondary N) is 1. The Hall–Kier alpha value is -1.68. The summed E-state index contributed by atoms with van der Waals surface area (Å²) in [5, 5.41) is 7.66. The third-order valence-corrected chi connectivity index (χ3v) is 4.67. The summed E-state index contributed by atoms with van der Waals surface area (Å²) in [5.41, 5.74) is 1.12. The van der Waals surface area contributed by atoms with E-state index < -0.39 is 0 Å². The van der Waals surface area contributed by atoms with Crippen LogP contribution in [0.15, 0.2) is 34.9 Å². The van der Waals surface area contributed by atoms with Gasteiger partial charge in [-0.15, -0.1) is 0 Å². The van der Waals surface area contributed by atoms with Crippen LogP contribution in [0.5, 0.6) is 0 Å². The minimum absolute atomic E-state index is 0.0973. The van der Waals surface area contributed by atoms with Crippen molar-refractivity contribution in [2.45, 2.75) is 24.7 Å². The Balaban J connectivity index is 1.72. The molecule has 1 aliphatic heterocycles. The van der Waals surface area contributed by atoms with Gasteiger partial charge in [-0.2, -0.15) is 4.98 Å². The van der Waals surface area contributed by atoms with Gasteiger partial charge in [-0.3, -0.25) is 0 Å². The molecule has 2 aliphatic rings. The molecule has 0 unspecified atom stereocenters. The summed E-state index contributed by atoms with van der Waals surface area (Å²) in [6.07, 6.45) is 3.71. The van der Waals surface area contributed by atoms with Crippen molar-refractivity contribution in [3.8, 4) is 11.4 Å². The summed E-state index contributed by atoms with van der Waals surface area (Å²) in [4.78, 5) is 4.68. The summed E-state index contributed by atoms with van der Waals surface area (Å²) in [6.45, 7) is 2.07. The van der Waals surface area contributed by atoms with E-state index in [1.54, 1.807) is 0 Å². The van der Waals surface area contributed by atoms with E-state index in [0.29, 0.717) is 11.7 Å². The van der Waals surface area contributed by atoms with Crippen LogP contribution in [0.4, 0.5) is 0 Å². The Morgan fingerprint density at radius 2 is 2.16 bits per heavy atom. The van der Waals surface area contributed by atoms with Crippen molar-refractivity contribution in [3.63, 3.8) is 0 Å². The van der Waals surface area contributed by atoms with E-state index in [1.165, 1.54) is 19.3 Å². The summed E-state index contributed by atoms with van der Waals surface area (Å²) in [7, 11) is 0. The maximum atomic E-state index is 5.61. The van der Waals surface area contributed by atoms with Crippen LogP contribution < -0.4 is 5.32 Å². The Kier molecular flexibility index (Phi) is 2.45. The molecule has 2 fully saturated rings. The van der Waals surface area contributed by atoms with Gasteiger partial charge in [0.25, 0.3) is 0 Å². The van der Waals surface area contributed by atoms with Gasteiger partial charge in [0.1, 0.15) is 0 Å². The second-order valence-corrected chi connectivity index (χ2v) is 5.67. The lowest BCUT2D eigenvalue weighted by molar-refractivity contribution is 0.265. The number of rotatable bonds is 2. The number of aromatic nitrogens is 2. The number of hydrogen-bond acceptors (Lipinski definition) is 4. The molecular weight excluding hydrogens is 238 g/mol. The summed E-state index contributed by atoms with van der Waals surface area (Å²) in [6, 6.07) is 10.0. The highest BCUT2D eigenvalue weighted by Gasteiger charge is 2.51. The predicted octanol–water partition coefficient (Wildman–Crippen LogP) is 2.38. The molecule has 0 radical (unpaired) electrons. The Labute approximate surface area is 112 Å². The first kappa shape index (κ1) is 11.2. The van der Waals surface area contributed by atoms with Gasteiger partial charge in [-0.05, 0) is 25.3 Å². The first-order chi connectivity index (χ1) is 9.38. The minimum Gasteiger partial charge on any atom is -0.338 e. The fourth-order valence-electron chi connectivity index (χ4n) is 3.63. The Morgan fingerprint density at radius 1 is 1.26 bits per heavy atom. The predicted molar refractivity (Wildman–Crippen MR) is 71.6 cm³/mol. The van der Waals surface area contributed by atoms with Crippen molar-refractivity contribution in [2.75, 3.05) is 13.1 Å². The van der Waals surface area contributed by atoms with E-state index in [0.717, 1.165) is 24.5 Å². The van der Waals surface area contributed by atoms with Crippen molar-refractivity contribution in [2.24, 2.45) is 5.92 Å². The Morgan fingerprint density at radius 3 is 3.05 bits per heavy atom. The molecule has 0 spiro atoms. The molecule has 98 valence electrons. The first-order valence-electron chi connectivity index (χ1n) is 6.99. The zero-order valence-corrected chi connectivity index (χ0v) is 10.8. The highest BCUT2D eigenvalue weighted by molar-refractivity contribution is 5.53. The van der Waals surface area contributed by atoms with Gasteiger partial charge in [-0.1, -0.05) is 41.9 Å². The fourth-order valence-corrected chi connectivity index (χ4v) is 3.63. The van der Waals surface area contributed by atoms with Crippen molar-refractivity contribution >= 4 is 0 Å². The molecule has 0 bridgehead atoms. The van der Waals surface area contributed by atoms with Gasteiger partial charge in [0, 0.05) is 12.1 Å². The van der Waals surface area contributed by atoms with E-state index in [4.69, 9.17) is 4.52 Å². The minimum atomic E-state index is 0.0973. The van der Waals surface area contributed by atoms with Gasteiger partial charge in [0.2, 0.25) is 11.7 Å². The van der Waals surface area contributed by atoms with Gasteiger partial charge in [0.15, 0.2) is 0 Å². The molecule has 4 rings (SSSR count). The molecule has 2 atom stereocenters. The molecule has 1 N–H and O–H groups in total. The highest BCUT2D eigenvalue weighted by atomic mass is 16.5. The second kappa shape index (κ2) is 4.17. The highest BCUT2D eigenvalue weighted by Crippen LogP contribution is 2.47. The van der Waals surface area contributed by atoms with Gasteiger partial charge in [0.05, 0.1) is 5.41 Å². The van der Waals surface area contributed by atoms with Crippen LogP contribution in [-0.4, -0.2) is 23.2 Å². The molecule has 4 heteroatoms. The second-order valence-electron chi connectivity index (χ2n) is 5.67. The number of benzene rings is 1. The number of fused-ring (bicyclic) bond motifs is 1. The van der Waals surface area contributed by atoms with Gasteiger partial charge >= 0.3 is 0 Å². The van der Waals surface area contributed by atoms with Crippen LogP contribution >= 0.6 is 0 Å². The quantitative estimate of drug-likeness (QED) is 0.895. The number of hydrogen-bond donors (Lipinski definition) is 1. The molecule has 1 saturated heterocycles. The third kappa shape index (κ3) is 1.63. The lowest BCUT2D eigenvalue weighted by Gasteiger charge is -2.22. The van der Waals surface area contributed by atoms with Crippen LogP contribution in [0, 0.1) is 5.92 Å². The van der Waals surface area contributed by atoms with Crippen LogP contribution in [0.3, 0.4) is 0 Å². The van der Waals surface area contributed by atoms with Crippen LogP contribution in [0.25, 0.3) is 11.4 Å². The third-order valence-electron chi connectivity index (χ3n) is 4.67. The molecular formula is C15H17N3O. The molecule has 19 heavy (non-hydrogen) atoms. The lowest BCUT2D eigenvalue weighted by Crippen LogP contribution is -2.31. The molecule has 2 heterocycles. The largest absolute Gasteiger partial charge is 0.338 e. The summed E-state index contributed by atoms with van der Waals surface area (Å²) >= 11 is 0. The molecule has 0 amide bonds. The SMILES string of the molecule is c1ccc(-c2noc([C@]34CCC[C@H]3CNC4)n2)cc1. The van der Waals surface area contributed by atoms with Gasteiger partial charge < -0.3 is 9.84 Å². The first-order valence-corrected chi connectivity index (χ1v) is 6.99. The summed E-state index contributed by atoms with van der Waals surface area (Å²) < 4.78 is 5.61. The molecule has 1 saturated carbocycles. The van der Waals surface area contributed by atoms with Gasteiger partial charge in [-0.25, -0.2) is 0 Å². The lowest BCUT2D eigenvalue weighted by atomic mass is 9.80. The van der Waals surface area contributed by atoms with Crippen molar-refractivity contribution in [1.29, 1.82) is 0 Å². The number of nitrogens with zero attached hydrogens (tertiary/aromatic N) is 2. The van der Waals surface area contributed by atoms with E-state index in [-0.39, 0.29) is 5.41 Å². The zero-order valence-electron chi connectivity index (χ0n) is 10.8. The molecule has 1 aromatic carbocycles. The summed E-state index contributed by atoms with van der Waals surface area (Å²) in [5.74, 6) is 2.21. The molecule has 1 aromatic heterocycles. The van der Waals surface area contributed by atoms with Crippen LogP contribution in [-0.2, 0) is 5.41 Å². The molecule has 4 nitrogen and oxygen atoms in total. The molecule has 1 aliphatic carbocycles. The average Bonchev–Trinajstić information content (AvgIpc) is 3.14. The standard InChI is InChI=1S/C15H17N3O/c1-2-5-11(6-3-1)13-17-14(19-18-13)15-8-4-7-12(15)9-16-10-15/h1-3,5-6,12,16H,4,7-10H2/t12-,15-/m0/s1. The maximum absolute atomic E-state index is 5.61. The topological polar surface area (TPSA) is 51.0 Å². The van der Waals surface area contributed by atoms with Crippen molar-refractivity contribution in [1.82, 2.24) is 15.5 Å². The zero-order chi connectivity index (χ0) is 12.7. The van der Waals surface area contributed by atoms with Crippen LogP contribution in [0.1, 0.15) is 25.2 Å². The maximum Gasteiger partial charge on any atom is 0.234 e. The van der Waals surface area contributed by atoms with E-state index in [1.807, 2.05) is 30.3 Å². The van der Waals surface area contributed by atoms with Crippen molar-refractivity contribution < 1.29 is 4.52 Å². The van der Waals surface area contributed by atoms with E-state index in [2.05, 4.69) is 15.5 Å². The Bertz CT molecular complexity index is 568. The van der Waals surface area contributed by atoms with E-state index >= 15 is 0 Å². The average molecular weight is 255 g/mol. The normalized spacial score (nSPS) is 29.6. The van der Waals surface area contributed by atoms with Crippen molar-refractivity contribution in [3.05, 3.63) is 36.2 Å². The smallest absolute Gasteiger partial charge is 0.234 e. The fraction of sp³-hybridized carbons (Fsp3) is 0.467. The monoisotopic (exact) mass is 255 g/mol. The molecule has 2 aromatic rings.